The molecule has 33 heavy (non-hydrogen) atoms. The molecule has 0 aliphatic rings. The smallest absolute Gasteiger partial charge is 0.326 e. The number of benzene rings is 1. The predicted octanol–water partition coefficient (Wildman–Crippen LogP) is -2.53. The van der Waals surface area contributed by atoms with Crippen molar-refractivity contribution in [3.8, 4) is 0 Å². The van der Waals surface area contributed by atoms with Gasteiger partial charge in [0.2, 0.25) is 23.6 Å². The first-order valence-electron chi connectivity index (χ1n) is 9.90. The number of carbonyl (C=O) groups is 6. The van der Waals surface area contributed by atoms with Crippen LogP contribution in [-0.2, 0) is 35.2 Å². The third-order valence-corrected chi connectivity index (χ3v) is 4.42. The van der Waals surface area contributed by atoms with E-state index in [1.54, 1.807) is 30.3 Å². The summed E-state index contributed by atoms with van der Waals surface area (Å²) in [6, 6.07) is 4.34. The molecule has 13 heteroatoms. The van der Waals surface area contributed by atoms with Crippen LogP contribution in [0.25, 0.3) is 0 Å². The maximum absolute atomic E-state index is 12.8. The van der Waals surface area contributed by atoms with E-state index in [0.717, 1.165) is 0 Å². The highest BCUT2D eigenvalue weighted by atomic mass is 16.4. The number of hydrogen-bond acceptors (Lipinski definition) is 7. The molecule has 4 amide bonds. The summed E-state index contributed by atoms with van der Waals surface area (Å²) in [4.78, 5) is 70.7. The zero-order valence-electron chi connectivity index (χ0n) is 17.7. The Bertz CT molecular complexity index is 876. The third kappa shape index (κ3) is 10.2. The summed E-state index contributed by atoms with van der Waals surface area (Å²) >= 11 is 0. The Morgan fingerprint density at radius 3 is 1.94 bits per heavy atom. The Kier molecular flexibility index (Phi) is 11.0. The topological polar surface area (TPSA) is 231 Å². The number of carbonyl (C=O) groups excluding carboxylic acids is 4. The van der Waals surface area contributed by atoms with E-state index in [2.05, 4.69) is 16.0 Å². The lowest BCUT2D eigenvalue weighted by molar-refractivity contribution is -0.143. The van der Waals surface area contributed by atoms with Gasteiger partial charge in [0, 0.05) is 12.8 Å². The molecule has 3 unspecified atom stereocenters. The van der Waals surface area contributed by atoms with Crippen molar-refractivity contribution in [2.75, 3.05) is 6.54 Å². The molecule has 0 aliphatic carbocycles. The number of amides is 4. The number of primary amides is 1. The molecule has 3 atom stereocenters. The van der Waals surface area contributed by atoms with Gasteiger partial charge in [-0.2, -0.15) is 0 Å². The second-order valence-corrected chi connectivity index (χ2v) is 7.08. The standard InChI is InChI=1S/C20H27N5O8/c21-10-16(27)23-13(8-11-4-2-1-3-5-11)18(30)25-14(9-15(22)26)19(31)24-12(20(32)33)6-7-17(28)29/h1-5,12-14H,6-10,21H2,(H2,22,26)(H,23,27)(H,24,31)(H,25,30)(H,28,29)(H,32,33). The molecule has 0 spiro atoms. The van der Waals surface area contributed by atoms with Crippen molar-refractivity contribution in [2.45, 2.75) is 43.8 Å². The van der Waals surface area contributed by atoms with Crippen LogP contribution in [0, 0.1) is 0 Å². The van der Waals surface area contributed by atoms with Gasteiger partial charge in [-0.05, 0) is 12.0 Å². The lowest BCUT2D eigenvalue weighted by atomic mass is 10.0. The van der Waals surface area contributed by atoms with Gasteiger partial charge in [-0.1, -0.05) is 30.3 Å². The van der Waals surface area contributed by atoms with Crippen LogP contribution in [0.3, 0.4) is 0 Å². The third-order valence-electron chi connectivity index (χ3n) is 4.42. The molecule has 9 N–H and O–H groups in total. The molecule has 0 saturated heterocycles. The number of rotatable bonds is 14. The van der Waals surface area contributed by atoms with E-state index in [1.165, 1.54) is 0 Å². The van der Waals surface area contributed by atoms with Crippen molar-refractivity contribution >= 4 is 35.6 Å². The first-order valence-corrected chi connectivity index (χ1v) is 9.90. The molecule has 0 aliphatic heterocycles. The number of nitrogens with one attached hydrogen (secondary N) is 3. The number of hydrogen-bond donors (Lipinski definition) is 7. The van der Waals surface area contributed by atoms with Crippen molar-refractivity contribution in [3.63, 3.8) is 0 Å². The van der Waals surface area contributed by atoms with Crippen LogP contribution < -0.4 is 27.4 Å². The molecule has 1 rings (SSSR count). The molecule has 1 aromatic carbocycles. The molecular formula is C20H27N5O8. The van der Waals surface area contributed by atoms with Gasteiger partial charge in [0.25, 0.3) is 0 Å². The zero-order valence-corrected chi connectivity index (χ0v) is 17.7. The van der Waals surface area contributed by atoms with E-state index in [9.17, 15) is 33.9 Å². The fraction of sp³-hybridized carbons (Fsp3) is 0.400. The largest absolute Gasteiger partial charge is 0.481 e. The highest BCUT2D eigenvalue weighted by Crippen LogP contribution is 2.06. The van der Waals surface area contributed by atoms with Gasteiger partial charge in [-0.25, -0.2) is 4.79 Å². The summed E-state index contributed by atoms with van der Waals surface area (Å²) in [6.45, 7) is -0.395. The van der Waals surface area contributed by atoms with E-state index in [4.69, 9.17) is 16.6 Å². The Labute approximate surface area is 188 Å². The van der Waals surface area contributed by atoms with Crippen molar-refractivity contribution in [1.82, 2.24) is 16.0 Å². The van der Waals surface area contributed by atoms with E-state index in [1.807, 2.05) is 0 Å². The first-order chi connectivity index (χ1) is 15.5. The molecule has 13 nitrogen and oxygen atoms in total. The molecule has 0 aromatic heterocycles. The normalized spacial score (nSPS) is 13.1. The minimum atomic E-state index is -1.57. The quantitative estimate of drug-likeness (QED) is 0.153. The molecule has 0 fully saturated rings. The zero-order chi connectivity index (χ0) is 25.0. The lowest BCUT2D eigenvalue weighted by Crippen LogP contribution is -2.57. The van der Waals surface area contributed by atoms with Crippen LogP contribution in [0.5, 0.6) is 0 Å². The van der Waals surface area contributed by atoms with Crippen molar-refractivity contribution in [3.05, 3.63) is 35.9 Å². The van der Waals surface area contributed by atoms with Crippen molar-refractivity contribution in [2.24, 2.45) is 11.5 Å². The summed E-state index contributed by atoms with van der Waals surface area (Å²) < 4.78 is 0. The Balaban J connectivity index is 3.01. The first kappa shape index (κ1) is 27.0. The summed E-state index contributed by atoms with van der Waals surface area (Å²) in [6.07, 6.45) is -1.57. The van der Waals surface area contributed by atoms with E-state index in [0.29, 0.717) is 5.56 Å². The predicted molar refractivity (Wildman–Crippen MR) is 113 cm³/mol. The molecular weight excluding hydrogens is 438 g/mol. The van der Waals surface area contributed by atoms with Crippen LogP contribution in [0.15, 0.2) is 30.3 Å². The maximum Gasteiger partial charge on any atom is 0.326 e. The Morgan fingerprint density at radius 2 is 1.42 bits per heavy atom. The second kappa shape index (κ2) is 13.4. The monoisotopic (exact) mass is 465 g/mol. The van der Waals surface area contributed by atoms with Gasteiger partial charge < -0.3 is 37.6 Å². The molecule has 0 heterocycles. The van der Waals surface area contributed by atoms with Gasteiger partial charge in [0.15, 0.2) is 0 Å². The number of carboxylic acids is 2. The van der Waals surface area contributed by atoms with Crippen molar-refractivity contribution in [1.29, 1.82) is 0 Å². The van der Waals surface area contributed by atoms with E-state index in [-0.39, 0.29) is 6.42 Å². The average molecular weight is 465 g/mol. The highest BCUT2D eigenvalue weighted by Gasteiger charge is 2.30. The number of aliphatic carboxylic acids is 2. The van der Waals surface area contributed by atoms with Crippen LogP contribution in [0.4, 0.5) is 0 Å². The Morgan fingerprint density at radius 1 is 0.848 bits per heavy atom. The average Bonchev–Trinajstić information content (AvgIpc) is 2.75. The van der Waals surface area contributed by atoms with Crippen LogP contribution in [-0.4, -0.2) is 70.5 Å². The van der Waals surface area contributed by atoms with E-state index >= 15 is 0 Å². The summed E-state index contributed by atoms with van der Waals surface area (Å²) in [5.41, 5.74) is 11.1. The van der Waals surface area contributed by atoms with Gasteiger partial charge in [0.1, 0.15) is 18.1 Å². The fourth-order valence-electron chi connectivity index (χ4n) is 2.79. The van der Waals surface area contributed by atoms with Gasteiger partial charge >= 0.3 is 11.9 Å². The van der Waals surface area contributed by atoms with Crippen molar-refractivity contribution < 1.29 is 39.0 Å². The highest BCUT2D eigenvalue weighted by molar-refractivity contribution is 5.96. The second-order valence-electron chi connectivity index (χ2n) is 7.08. The van der Waals surface area contributed by atoms with Gasteiger partial charge in [-0.3, -0.25) is 24.0 Å². The summed E-state index contributed by atoms with van der Waals surface area (Å²) in [5.74, 6) is -6.24. The van der Waals surface area contributed by atoms with Crippen LogP contribution in [0.2, 0.25) is 0 Å². The summed E-state index contributed by atoms with van der Waals surface area (Å²) in [7, 11) is 0. The number of nitrogens with two attached hydrogens (primary N) is 2. The molecule has 0 radical (unpaired) electrons. The fourth-order valence-corrected chi connectivity index (χ4v) is 2.79. The molecule has 1 aromatic rings. The van der Waals surface area contributed by atoms with E-state index < -0.39 is 79.5 Å². The van der Waals surface area contributed by atoms with Gasteiger partial charge in [0.05, 0.1) is 13.0 Å². The summed E-state index contributed by atoms with van der Waals surface area (Å²) in [5, 5.41) is 24.7. The number of carboxylic acid groups (broad SMARTS) is 2. The minimum Gasteiger partial charge on any atom is -0.481 e. The van der Waals surface area contributed by atoms with Crippen LogP contribution >= 0.6 is 0 Å². The molecule has 180 valence electrons. The minimum absolute atomic E-state index is 0.0414. The molecule has 0 saturated carbocycles. The SMILES string of the molecule is NCC(=O)NC(Cc1ccccc1)C(=O)NC(CC(N)=O)C(=O)NC(CCC(=O)O)C(=O)O. The van der Waals surface area contributed by atoms with Gasteiger partial charge in [-0.15, -0.1) is 0 Å². The maximum atomic E-state index is 12.8. The lowest BCUT2D eigenvalue weighted by Gasteiger charge is -2.24. The Hall–Kier alpha value is -4.00. The van der Waals surface area contributed by atoms with Crippen LogP contribution in [0.1, 0.15) is 24.8 Å². The molecule has 0 bridgehead atoms.